The van der Waals surface area contributed by atoms with Gasteiger partial charge in [0.2, 0.25) is 10.0 Å². The van der Waals surface area contributed by atoms with Crippen molar-refractivity contribution in [2.75, 3.05) is 39.3 Å². The van der Waals surface area contributed by atoms with Crippen LogP contribution < -0.4 is 10.0 Å². The highest BCUT2D eigenvalue weighted by Gasteiger charge is 2.24. The summed E-state index contributed by atoms with van der Waals surface area (Å²) in [6.07, 6.45) is 0. The van der Waals surface area contributed by atoms with Crippen molar-refractivity contribution in [1.82, 2.24) is 14.9 Å². The van der Waals surface area contributed by atoms with Crippen molar-refractivity contribution in [1.29, 1.82) is 0 Å². The van der Waals surface area contributed by atoms with Gasteiger partial charge in [-0.25, -0.2) is 13.1 Å². The SMILES string of the molecule is O=[N+]([O-])c1ccccc1S(=O)(=O)NCCN1CCNCC1. The Hall–Kier alpha value is -1.55. The molecular weight excluding hydrogens is 296 g/mol. The molecule has 1 aromatic rings. The highest BCUT2D eigenvalue weighted by Crippen LogP contribution is 2.22. The maximum absolute atomic E-state index is 12.2. The number of nitrogens with zero attached hydrogens (tertiary/aromatic N) is 2. The second kappa shape index (κ2) is 6.94. The molecule has 0 aromatic heterocycles. The molecule has 0 bridgehead atoms. The normalized spacial score (nSPS) is 16.8. The predicted octanol–water partition coefficient (Wildman–Crippen LogP) is -0.222. The van der Waals surface area contributed by atoms with Crippen molar-refractivity contribution < 1.29 is 13.3 Å². The molecule has 9 heteroatoms. The minimum atomic E-state index is -3.87. The average Bonchev–Trinajstić information content (AvgIpc) is 2.48. The fourth-order valence-electron chi connectivity index (χ4n) is 2.19. The highest BCUT2D eigenvalue weighted by atomic mass is 32.2. The molecule has 21 heavy (non-hydrogen) atoms. The summed E-state index contributed by atoms with van der Waals surface area (Å²) in [5.74, 6) is 0. The molecule has 0 atom stereocenters. The van der Waals surface area contributed by atoms with E-state index in [2.05, 4.69) is 14.9 Å². The Kier molecular flexibility index (Phi) is 5.23. The molecule has 0 amide bonds. The van der Waals surface area contributed by atoms with Crippen LogP contribution in [-0.2, 0) is 10.0 Å². The first-order valence-corrected chi connectivity index (χ1v) is 8.15. The molecule has 1 fully saturated rings. The molecule has 0 unspecified atom stereocenters. The monoisotopic (exact) mass is 314 g/mol. The number of rotatable bonds is 6. The van der Waals surface area contributed by atoms with Crippen molar-refractivity contribution in [2.24, 2.45) is 0 Å². The van der Waals surface area contributed by atoms with Crippen LogP contribution in [0.4, 0.5) is 5.69 Å². The van der Waals surface area contributed by atoms with Gasteiger partial charge in [-0.05, 0) is 6.07 Å². The second-order valence-corrected chi connectivity index (χ2v) is 6.45. The van der Waals surface area contributed by atoms with Gasteiger partial charge < -0.3 is 5.32 Å². The molecular formula is C12H18N4O4S. The number of nitro benzene ring substituents is 1. The van der Waals surface area contributed by atoms with Gasteiger partial charge in [-0.15, -0.1) is 0 Å². The Morgan fingerprint density at radius 3 is 2.62 bits per heavy atom. The van der Waals surface area contributed by atoms with Crippen LogP contribution in [0.25, 0.3) is 0 Å². The third-order valence-corrected chi connectivity index (χ3v) is 4.79. The number of benzene rings is 1. The zero-order chi connectivity index (χ0) is 15.3. The van der Waals surface area contributed by atoms with Gasteiger partial charge in [0.25, 0.3) is 5.69 Å². The van der Waals surface area contributed by atoms with Crippen LogP contribution in [-0.4, -0.2) is 57.5 Å². The molecule has 0 saturated carbocycles. The van der Waals surface area contributed by atoms with Crippen molar-refractivity contribution in [3.63, 3.8) is 0 Å². The molecule has 0 spiro atoms. The summed E-state index contributed by atoms with van der Waals surface area (Å²) in [6, 6.07) is 5.34. The van der Waals surface area contributed by atoms with Crippen molar-refractivity contribution in [2.45, 2.75) is 4.90 Å². The van der Waals surface area contributed by atoms with Gasteiger partial charge in [-0.2, -0.15) is 0 Å². The third-order valence-electron chi connectivity index (χ3n) is 3.28. The van der Waals surface area contributed by atoms with Gasteiger partial charge >= 0.3 is 0 Å². The molecule has 0 aliphatic carbocycles. The Bertz CT molecular complexity index is 599. The maximum Gasteiger partial charge on any atom is 0.289 e. The molecule has 2 N–H and O–H groups in total. The third kappa shape index (κ3) is 4.21. The molecule has 8 nitrogen and oxygen atoms in total. The van der Waals surface area contributed by atoms with E-state index in [1.807, 2.05) is 0 Å². The van der Waals surface area contributed by atoms with Crippen LogP contribution in [0.15, 0.2) is 29.2 Å². The van der Waals surface area contributed by atoms with E-state index in [-0.39, 0.29) is 11.4 Å². The summed E-state index contributed by atoms with van der Waals surface area (Å²) in [7, 11) is -3.87. The number of para-hydroxylation sites is 1. The first-order chi connectivity index (χ1) is 10.0. The first-order valence-electron chi connectivity index (χ1n) is 6.67. The minimum Gasteiger partial charge on any atom is -0.314 e. The Morgan fingerprint density at radius 2 is 1.95 bits per heavy atom. The van der Waals surface area contributed by atoms with E-state index >= 15 is 0 Å². The van der Waals surface area contributed by atoms with Gasteiger partial charge in [0.1, 0.15) is 0 Å². The van der Waals surface area contributed by atoms with E-state index in [4.69, 9.17) is 0 Å². The van der Waals surface area contributed by atoms with E-state index in [1.54, 1.807) is 0 Å². The van der Waals surface area contributed by atoms with E-state index < -0.39 is 20.6 Å². The van der Waals surface area contributed by atoms with Crippen LogP contribution in [0, 0.1) is 10.1 Å². The number of hydrogen-bond donors (Lipinski definition) is 2. The van der Waals surface area contributed by atoms with Crippen molar-refractivity contribution in [3.8, 4) is 0 Å². The standard InChI is InChI=1S/C12H18N4O4S/c17-16(18)11-3-1-2-4-12(11)21(19,20)14-7-10-15-8-5-13-6-9-15/h1-4,13-14H,5-10H2. The van der Waals surface area contributed by atoms with Crippen LogP contribution in [0.3, 0.4) is 0 Å². The van der Waals surface area contributed by atoms with E-state index in [0.717, 1.165) is 26.2 Å². The first kappa shape index (κ1) is 15.8. The Morgan fingerprint density at radius 1 is 1.29 bits per heavy atom. The lowest BCUT2D eigenvalue weighted by Crippen LogP contribution is -2.46. The number of hydrogen-bond acceptors (Lipinski definition) is 6. The van der Waals surface area contributed by atoms with Crippen molar-refractivity contribution in [3.05, 3.63) is 34.4 Å². The van der Waals surface area contributed by atoms with Crippen LogP contribution in [0.1, 0.15) is 0 Å². The van der Waals surface area contributed by atoms with E-state index in [0.29, 0.717) is 6.54 Å². The number of piperazine rings is 1. The topological polar surface area (TPSA) is 105 Å². The molecule has 2 rings (SSSR count). The summed E-state index contributed by atoms with van der Waals surface area (Å²) >= 11 is 0. The van der Waals surface area contributed by atoms with E-state index in [9.17, 15) is 18.5 Å². The summed E-state index contributed by atoms with van der Waals surface area (Å²) in [4.78, 5) is 12.0. The van der Waals surface area contributed by atoms with Crippen LogP contribution in [0.5, 0.6) is 0 Å². The lowest BCUT2D eigenvalue weighted by atomic mass is 10.3. The molecule has 1 aromatic carbocycles. The van der Waals surface area contributed by atoms with Gasteiger partial charge in [-0.1, -0.05) is 12.1 Å². The zero-order valence-electron chi connectivity index (χ0n) is 11.5. The predicted molar refractivity (Wildman–Crippen MR) is 77.6 cm³/mol. The fraction of sp³-hybridized carbons (Fsp3) is 0.500. The van der Waals surface area contributed by atoms with Crippen molar-refractivity contribution >= 4 is 15.7 Å². The quantitative estimate of drug-likeness (QED) is 0.555. The number of nitro groups is 1. The largest absolute Gasteiger partial charge is 0.314 e. The Labute approximate surface area is 123 Å². The maximum atomic E-state index is 12.2. The van der Waals surface area contributed by atoms with Gasteiger partial charge in [0, 0.05) is 45.3 Å². The molecule has 116 valence electrons. The smallest absolute Gasteiger partial charge is 0.289 e. The summed E-state index contributed by atoms with van der Waals surface area (Å²) in [5.41, 5.74) is -0.410. The Balaban J connectivity index is 2.00. The number of sulfonamides is 1. The van der Waals surface area contributed by atoms with Crippen LogP contribution >= 0.6 is 0 Å². The van der Waals surface area contributed by atoms with Crippen LogP contribution in [0.2, 0.25) is 0 Å². The average molecular weight is 314 g/mol. The summed E-state index contributed by atoms with van der Waals surface area (Å²) in [6.45, 7) is 4.32. The molecule has 0 radical (unpaired) electrons. The van der Waals surface area contributed by atoms with Gasteiger partial charge in [0.05, 0.1) is 4.92 Å². The molecule has 1 saturated heterocycles. The fourth-order valence-corrected chi connectivity index (χ4v) is 3.38. The van der Waals surface area contributed by atoms with Gasteiger partial charge in [0.15, 0.2) is 4.90 Å². The van der Waals surface area contributed by atoms with Gasteiger partial charge in [-0.3, -0.25) is 15.0 Å². The zero-order valence-corrected chi connectivity index (χ0v) is 12.3. The minimum absolute atomic E-state index is 0.231. The lowest BCUT2D eigenvalue weighted by Gasteiger charge is -2.27. The molecule has 1 heterocycles. The lowest BCUT2D eigenvalue weighted by molar-refractivity contribution is -0.387. The van der Waals surface area contributed by atoms with E-state index in [1.165, 1.54) is 24.3 Å². The number of nitrogens with one attached hydrogen (secondary N) is 2. The summed E-state index contributed by atoms with van der Waals surface area (Å²) in [5, 5.41) is 14.1. The molecule has 1 aliphatic heterocycles. The molecule has 1 aliphatic rings. The highest BCUT2D eigenvalue weighted by molar-refractivity contribution is 7.89. The summed E-state index contributed by atoms with van der Waals surface area (Å²) < 4.78 is 26.7. The second-order valence-electron chi connectivity index (χ2n) is 4.71.